The molecule has 0 aliphatic heterocycles. The number of hydrogen-bond donors (Lipinski definition) is 2. The zero-order valence-electron chi connectivity index (χ0n) is 18.2. The maximum Gasteiger partial charge on any atom is 0.247 e. The van der Waals surface area contributed by atoms with E-state index >= 15 is 0 Å². The molecule has 2 N–H and O–H groups in total. The number of benzene rings is 2. The third kappa shape index (κ3) is 4.72. The lowest BCUT2D eigenvalue weighted by Crippen LogP contribution is -2.41. The number of carbonyl (C=O) groups excluding carboxylic acids is 2. The number of ether oxygens (including phenoxy) is 1. The lowest BCUT2D eigenvalue weighted by molar-refractivity contribution is -0.123. The van der Waals surface area contributed by atoms with Gasteiger partial charge in [0.05, 0.1) is 18.5 Å². The molecule has 1 aliphatic carbocycles. The monoisotopic (exact) mass is 430 g/mol. The Morgan fingerprint density at radius 2 is 1.84 bits per heavy atom. The van der Waals surface area contributed by atoms with Crippen LogP contribution in [0.5, 0.6) is 5.75 Å². The van der Waals surface area contributed by atoms with Crippen LogP contribution in [0, 0.1) is 0 Å². The van der Waals surface area contributed by atoms with Gasteiger partial charge >= 0.3 is 0 Å². The van der Waals surface area contributed by atoms with Crippen molar-refractivity contribution in [3.8, 4) is 11.4 Å². The summed E-state index contributed by atoms with van der Waals surface area (Å²) < 4.78 is 6.90. The highest BCUT2D eigenvalue weighted by Gasteiger charge is 2.25. The van der Waals surface area contributed by atoms with Crippen molar-refractivity contribution >= 4 is 23.7 Å². The lowest BCUT2D eigenvalue weighted by atomic mass is 10.2. The Bertz CT molecular complexity index is 1130. The van der Waals surface area contributed by atoms with Gasteiger partial charge in [0.2, 0.25) is 11.8 Å². The highest BCUT2D eigenvalue weighted by Crippen LogP contribution is 2.31. The van der Waals surface area contributed by atoms with E-state index in [0.29, 0.717) is 5.82 Å². The molecule has 4 rings (SSSR count). The molecule has 7 nitrogen and oxygen atoms in total. The van der Waals surface area contributed by atoms with E-state index in [-0.39, 0.29) is 11.8 Å². The van der Waals surface area contributed by atoms with Gasteiger partial charge in [-0.3, -0.25) is 9.59 Å². The minimum Gasteiger partial charge on any atom is -0.497 e. The first-order valence-corrected chi connectivity index (χ1v) is 10.6. The average molecular weight is 431 g/mol. The van der Waals surface area contributed by atoms with Crippen molar-refractivity contribution in [1.29, 1.82) is 0 Å². The van der Waals surface area contributed by atoms with Crippen LogP contribution in [0.4, 0.5) is 5.82 Å². The smallest absolute Gasteiger partial charge is 0.247 e. The van der Waals surface area contributed by atoms with E-state index in [4.69, 9.17) is 9.84 Å². The van der Waals surface area contributed by atoms with E-state index in [1.807, 2.05) is 54.6 Å². The Balaban J connectivity index is 1.42. The summed E-state index contributed by atoms with van der Waals surface area (Å²) in [4.78, 5) is 25.2. The van der Waals surface area contributed by atoms with E-state index in [1.165, 1.54) is 6.08 Å². The van der Waals surface area contributed by atoms with Crippen LogP contribution in [-0.2, 0) is 22.4 Å². The quantitative estimate of drug-likeness (QED) is 0.562. The number of aromatic nitrogens is 2. The van der Waals surface area contributed by atoms with Crippen molar-refractivity contribution in [2.75, 3.05) is 12.4 Å². The molecule has 0 bridgehead atoms. The predicted octanol–water partition coefficient (Wildman–Crippen LogP) is 3.53. The van der Waals surface area contributed by atoms with E-state index in [2.05, 4.69) is 10.6 Å². The Morgan fingerprint density at radius 3 is 2.56 bits per heavy atom. The summed E-state index contributed by atoms with van der Waals surface area (Å²) in [6.07, 6.45) is 5.91. The number of anilines is 1. The van der Waals surface area contributed by atoms with Gasteiger partial charge in [0, 0.05) is 11.6 Å². The molecule has 0 spiro atoms. The average Bonchev–Trinajstić information content (AvgIpc) is 3.41. The van der Waals surface area contributed by atoms with Crippen LogP contribution in [0.2, 0.25) is 0 Å². The van der Waals surface area contributed by atoms with Crippen LogP contribution in [0.25, 0.3) is 11.8 Å². The molecule has 0 saturated carbocycles. The highest BCUT2D eigenvalue weighted by molar-refractivity contribution is 6.00. The van der Waals surface area contributed by atoms with Crippen LogP contribution in [0.1, 0.15) is 30.2 Å². The van der Waals surface area contributed by atoms with Crippen LogP contribution < -0.4 is 15.4 Å². The van der Waals surface area contributed by atoms with Gasteiger partial charge in [0.1, 0.15) is 17.6 Å². The first-order valence-electron chi connectivity index (χ1n) is 10.6. The van der Waals surface area contributed by atoms with Gasteiger partial charge in [-0.05, 0) is 62.1 Å². The maximum atomic E-state index is 12.9. The van der Waals surface area contributed by atoms with Gasteiger partial charge in [0.25, 0.3) is 0 Å². The third-order valence-electron chi connectivity index (χ3n) is 5.44. The number of fused-ring (bicyclic) bond motifs is 1. The van der Waals surface area contributed by atoms with Gasteiger partial charge in [0.15, 0.2) is 0 Å². The summed E-state index contributed by atoms with van der Waals surface area (Å²) in [6.45, 7) is 1.66. The van der Waals surface area contributed by atoms with Gasteiger partial charge in [-0.15, -0.1) is 0 Å². The number of para-hydroxylation sites is 1. The summed E-state index contributed by atoms with van der Waals surface area (Å²) in [5.41, 5.74) is 3.83. The number of aryl methyl sites for hydroxylation is 1. The van der Waals surface area contributed by atoms with Crippen LogP contribution in [0.15, 0.2) is 60.7 Å². The van der Waals surface area contributed by atoms with Crippen LogP contribution in [0.3, 0.4) is 0 Å². The predicted molar refractivity (Wildman–Crippen MR) is 124 cm³/mol. The minimum absolute atomic E-state index is 0.289. The topological polar surface area (TPSA) is 85.2 Å². The number of methoxy groups -OCH3 is 1. The fourth-order valence-electron chi connectivity index (χ4n) is 3.72. The normalized spacial score (nSPS) is 13.6. The van der Waals surface area contributed by atoms with E-state index < -0.39 is 6.04 Å². The number of amides is 2. The van der Waals surface area contributed by atoms with Crippen LogP contribution >= 0.6 is 0 Å². The molecular formula is C25H26N4O3. The molecular weight excluding hydrogens is 404 g/mol. The molecule has 2 aromatic carbocycles. The molecule has 0 radical (unpaired) electrons. The third-order valence-corrected chi connectivity index (χ3v) is 5.44. The molecule has 3 aromatic rings. The fraction of sp³-hybridized carbons (Fsp3) is 0.240. The van der Waals surface area contributed by atoms with Crippen molar-refractivity contribution in [3.05, 3.63) is 77.5 Å². The molecule has 1 aliphatic rings. The standard InChI is InChI=1S/C25H26N4O3/c1-17(26-23(30)16-13-18-11-14-20(32-2)15-12-18)25(31)27-24-21-9-6-10-22(21)28-29(24)19-7-4-3-5-8-19/h3-5,7-8,11-17H,6,9-10H2,1-2H3,(H,26,30)(H,27,31)/b16-13+. The van der Waals surface area contributed by atoms with Crippen molar-refractivity contribution in [2.24, 2.45) is 0 Å². The molecule has 0 saturated heterocycles. The Labute approximate surface area is 187 Å². The summed E-state index contributed by atoms with van der Waals surface area (Å²) >= 11 is 0. The second kappa shape index (κ2) is 9.51. The molecule has 1 aromatic heterocycles. The maximum absolute atomic E-state index is 12.9. The zero-order chi connectivity index (χ0) is 22.5. The SMILES string of the molecule is COc1ccc(/C=C/C(=O)NC(C)C(=O)Nc2c3c(nn2-c2ccccc2)CCC3)cc1. The Hall–Kier alpha value is -3.87. The van der Waals surface area contributed by atoms with Crippen molar-refractivity contribution < 1.29 is 14.3 Å². The molecule has 32 heavy (non-hydrogen) atoms. The summed E-state index contributed by atoms with van der Waals surface area (Å²) in [7, 11) is 1.60. The Kier molecular flexibility index (Phi) is 6.35. The number of carbonyl (C=O) groups is 2. The first-order chi connectivity index (χ1) is 15.5. The largest absolute Gasteiger partial charge is 0.497 e. The van der Waals surface area contributed by atoms with Gasteiger partial charge in [-0.25, -0.2) is 4.68 Å². The van der Waals surface area contributed by atoms with Gasteiger partial charge in [-0.2, -0.15) is 5.10 Å². The fourth-order valence-corrected chi connectivity index (χ4v) is 3.72. The lowest BCUT2D eigenvalue weighted by Gasteiger charge is -2.15. The number of nitrogens with zero attached hydrogens (tertiary/aromatic N) is 2. The molecule has 2 amide bonds. The van der Waals surface area contributed by atoms with E-state index in [1.54, 1.807) is 24.8 Å². The minimum atomic E-state index is -0.709. The number of nitrogens with one attached hydrogen (secondary N) is 2. The molecule has 1 heterocycles. The highest BCUT2D eigenvalue weighted by atomic mass is 16.5. The Morgan fingerprint density at radius 1 is 1.09 bits per heavy atom. The molecule has 1 atom stereocenters. The van der Waals surface area contributed by atoms with E-state index in [9.17, 15) is 9.59 Å². The second-order valence-corrected chi connectivity index (χ2v) is 7.70. The zero-order valence-corrected chi connectivity index (χ0v) is 18.2. The van der Waals surface area contributed by atoms with E-state index in [0.717, 1.165) is 47.5 Å². The summed E-state index contributed by atoms with van der Waals surface area (Å²) in [5.74, 6) is 0.801. The van der Waals surface area contributed by atoms with Crippen LogP contribution in [-0.4, -0.2) is 34.7 Å². The number of rotatable bonds is 7. The second-order valence-electron chi connectivity index (χ2n) is 7.70. The van der Waals surface area contributed by atoms with Crippen molar-refractivity contribution in [2.45, 2.75) is 32.2 Å². The molecule has 1 unspecified atom stereocenters. The number of hydrogen-bond acceptors (Lipinski definition) is 4. The molecule has 164 valence electrons. The van der Waals surface area contributed by atoms with Crippen molar-refractivity contribution in [1.82, 2.24) is 15.1 Å². The molecule has 7 heteroatoms. The summed E-state index contributed by atoms with van der Waals surface area (Å²) in [5, 5.41) is 10.4. The van der Waals surface area contributed by atoms with Crippen molar-refractivity contribution in [3.63, 3.8) is 0 Å². The molecule has 0 fully saturated rings. The van der Waals surface area contributed by atoms with Gasteiger partial charge < -0.3 is 15.4 Å². The van der Waals surface area contributed by atoms with Gasteiger partial charge in [-0.1, -0.05) is 30.3 Å². The summed E-state index contributed by atoms with van der Waals surface area (Å²) in [6, 6.07) is 16.4. The first kappa shape index (κ1) is 21.4.